The Balaban J connectivity index is 1.50. The van der Waals surface area contributed by atoms with E-state index >= 15 is 0 Å². The molecule has 0 N–H and O–H groups in total. The first-order valence-electron chi connectivity index (χ1n) is 7.12. The zero-order valence-corrected chi connectivity index (χ0v) is 12.8. The molecule has 1 aromatic heterocycles. The lowest BCUT2D eigenvalue weighted by Crippen LogP contribution is -2.21. The van der Waals surface area contributed by atoms with Gasteiger partial charge in [-0.3, -0.25) is 0 Å². The third-order valence-electron chi connectivity index (χ3n) is 3.68. The van der Waals surface area contributed by atoms with Gasteiger partial charge in [0.2, 0.25) is 0 Å². The predicted molar refractivity (Wildman–Crippen MR) is 83.9 cm³/mol. The van der Waals surface area contributed by atoms with Gasteiger partial charge in [0.15, 0.2) is 0 Å². The van der Waals surface area contributed by atoms with Gasteiger partial charge in [0.1, 0.15) is 4.88 Å². The van der Waals surface area contributed by atoms with Gasteiger partial charge in [0.05, 0.1) is 17.8 Å². The standard InChI is InChI=1S/C16H18N2O2S/c1-12-17-9-15(21-12)16(19)20-11-13-7-8-18(10-13)14-5-3-2-4-6-14/h2-6,9,13H,7-8,10-11H2,1H3/t13-/m1/s1. The molecule has 2 aromatic rings. The van der Waals surface area contributed by atoms with Crippen LogP contribution in [-0.4, -0.2) is 30.6 Å². The topological polar surface area (TPSA) is 42.4 Å². The van der Waals surface area contributed by atoms with Gasteiger partial charge in [0.25, 0.3) is 0 Å². The highest BCUT2D eigenvalue weighted by Crippen LogP contribution is 2.24. The summed E-state index contributed by atoms with van der Waals surface area (Å²) < 4.78 is 5.41. The number of aromatic nitrogens is 1. The van der Waals surface area contributed by atoms with Crippen molar-refractivity contribution in [1.82, 2.24) is 4.98 Å². The molecule has 1 aromatic carbocycles. The molecule has 21 heavy (non-hydrogen) atoms. The third kappa shape index (κ3) is 3.42. The number of carbonyl (C=O) groups is 1. The first-order valence-corrected chi connectivity index (χ1v) is 7.93. The molecule has 0 unspecified atom stereocenters. The largest absolute Gasteiger partial charge is 0.461 e. The number of benzene rings is 1. The second-order valence-corrected chi connectivity index (χ2v) is 6.51. The van der Waals surface area contributed by atoms with Crippen molar-refractivity contribution in [1.29, 1.82) is 0 Å². The molecule has 3 rings (SSSR count). The van der Waals surface area contributed by atoms with Crippen molar-refractivity contribution >= 4 is 23.0 Å². The Labute approximate surface area is 128 Å². The predicted octanol–water partition coefficient (Wildman–Crippen LogP) is 3.13. The van der Waals surface area contributed by atoms with Crippen molar-refractivity contribution in [3.8, 4) is 0 Å². The Morgan fingerprint density at radius 3 is 2.95 bits per heavy atom. The van der Waals surface area contributed by atoms with Crippen LogP contribution in [-0.2, 0) is 4.74 Å². The second-order valence-electron chi connectivity index (χ2n) is 5.28. The normalized spacial score (nSPS) is 18.0. The van der Waals surface area contributed by atoms with Crippen molar-refractivity contribution in [2.24, 2.45) is 5.92 Å². The third-order valence-corrected chi connectivity index (χ3v) is 4.57. The smallest absolute Gasteiger partial charge is 0.349 e. The summed E-state index contributed by atoms with van der Waals surface area (Å²) in [6, 6.07) is 10.4. The number of rotatable bonds is 4. The van der Waals surface area contributed by atoms with Gasteiger partial charge in [-0.2, -0.15) is 0 Å². The van der Waals surface area contributed by atoms with E-state index in [2.05, 4.69) is 34.1 Å². The van der Waals surface area contributed by atoms with Gasteiger partial charge in [-0.1, -0.05) is 18.2 Å². The van der Waals surface area contributed by atoms with E-state index < -0.39 is 0 Å². The van der Waals surface area contributed by atoms with Crippen LogP contribution in [0.4, 0.5) is 5.69 Å². The molecule has 4 nitrogen and oxygen atoms in total. The van der Waals surface area contributed by atoms with E-state index in [0.717, 1.165) is 24.5 Å². The number of ether oxygens (including phenoxy) is 1. The Morgan fingerprint density at radius 1 is 1.43 bits per heavy atom. The van der Waals surface area contributed by atoms with E-state index in [1.807, 2.05) is 13.0 Å². The van der Waals surface area contributed by atoms with Crippen molar-refractivity contribution < 1.29 is 9.53 Å². The summed E-state index contributed by atoms with van der Waals surface area (Å²) >= 11 is 1.38. The molecule has 1 aliphatic heterocycles. The van der Waals surface area contributed by atoms with Crippen LogP contribution < -0.4 is 4.90 Å². The monoisotopic (exact) mass is 302 g/mol. The summed E-state index contributed by atoms with van der Waals surface area (Å²) in [7, 11) is 0. The fourth-order valence-corrected chi connectivity index (χ4v) is 3.23. The van der Waals surface area contributed by atoms with Crippen LogP contribution in [0.3, 0.4) is 0 Å². The van der Waals surface area contributed by atoms with Crippen LogP contribution in [0.1, 0.15) is 21.1 Å². The van der Waals surface area contributed by atoms with Gasteiger partial charge in [-0.15, -0.1) is 11.3 Å². The lowest BCUT2D eigenvalue weighted by atomic mass is 10.1. The lowest BCUT2D eigenvalue weighted by Gasteiger charge is -2.18. The summed E-state index contributed by atoms with van der Waals surface area (Å²) in [4.78, 5) is 18.9. The number of hydrogen-bond acceptors (Lipinski definition) is 5. The zero-order chi connectivity index (χ0) is 14.7. The van der Waals surface area contributed by atoms with Crippen LogP contribution in [0.25, 0.3) is 0 Å². The lowest BCUT2D eigenvalue weighted by molar-refractivity contribution is 0.0456. The number of anilines is 1. The van der Waals surface area contributed by atoms with Crippen molar-refractivity contribution in [3.05, 3.63) is 46.4 Å². The molecule has 1 atom stereocenters. The molecule has 0 spiro atoms. The summed E-state index contributed by atoms with van der Waals surface area (Å²) in [6.45, 7) is 4.33. The molecule has 1 fully saturated rings. The molecule has 1 aliphatic rings. The van der Waals surface area contributed by atoms with Gasteiger partial charge in [-0.25, -0.2) is 9.78 Å². The summed E-state index contributed by atoms with van der Waals surface area (Å²) in [5.41, 5.74) is 1.24. The molecule has 0 saturated carbocycles. The Hall–Kier alpha value is -1.88. The van der Waals surface area contributed by atoms with E-state index in [9.17, 15) is 4.79 Å². The Morgan fingerprint density at radius 2 is 2.24 bits per heavy atom. The Bertz CT molecular complexity index is 612. The highest BCUT2D eigenvalue weighted by atomic mass is 32.1. The van der Waals surface area contributed by atoms with Crippen molar-refractivity contribution in [2.75, 3.05) is 24.6 Å². The number of thiazole rings is 1. The van der Waals surface area contributed by atoms with Crippen LogP contribution >= 0.6 is 11.3 Å². The maximum atomic E-state index is 11.9. The molecular weight excluding hydrogens is 284 g/mol. The quantitative estimate of drug-likeness (QED) is 0.814. The van der Waals surface area contributed by atoms with E-state index in [1.165, 1.54) is 17.0 Å². The van der Waals surface area contributed by atoms with Crippen LogP contribution in [0.15, 0.2) is 36.5 Å². The molecule has 110 valence electrons. The first-order chi connectivity index (χ1) is 10.2. The molecule has 0 amide bonds. The fourth-order valence-electron chi connectivity index (χ4n) is 2.56. The number of para-hydroxylation sites is 1. The molecule has 2 heterocycles. The molecule has 5 heteroatoms. The van der Waals surface area contributed by atoms with Gasteiger partial charge < -0.3 is 9.64 Å². The SMILES string of the molecule is Cc1ncc(C(=O)OC[C@@H]2CCN(c3ccccc3)C2)s1. The summed E-state index contributed by atoms with van der Waals surface area (Å²) in [6.07, 6.45) is 2.65. The Kier molecular flexibility index (Phi) is 4.20. The highest BCUT2D eigenvalue weighted by Gasteiger charge is 2.24. The molecule has 1 saturated heterocycles. The fraction of sp³-hybridized carbons (Fsp3) is 0.375. The van der Waals surface area contributed by atoms with E-state index in [0.29, 0.717) is 17.4 Å². The minimum atomic E-state index is -0.251. The minimum Gasteiger partial charge on any atom is -0.461 e. The maximum Gasteiger partial charge on any atom is 0.349 e. The van der Waals surface area contributed by atoms with Gasteiger partial charge in [0, 0.05) is 24.7 Å². The number of nitrogens with zero attached hydrogens (tertiary/aromatic N) is 2. The molecular formula is C16H18N2O2S. The van der Waals surface area contributed by atoms with E-state index in [1.54, 1.807) is 6.20 Å². The minimum absolute atomic E-state index is 0.251. The average molecular weight is 302 g/mol. The number of carbonyl (C=O) groups excluding carboxylic acids is 1. The number of esters is 1. The van der Waals surface area contributed by atoms with Gasteiger partial charge >= 0.3 is 5.97 Å². The van der Waals surface area contributed by atoms with Gasteiger partial charge in [-0.05, 0) is 25.5 Å². The van der Waals surface area contributed by atoms with Crippen LogP contribution in [0, 0.1) is 12.8 Å². The molecule has 0 aliphatic carbocycles. The molecule has 0 bridgehead atoms. The van der Waals surface area contributed by atoms with Crippen LogP contribution in [0.5, 0.6) is 0 Å². The zero-order valence-electron chi connectivity index (χ0n) is 12.0. The van der Waals surface area contributed by atoms with E-state index in [-0.39, 0.29) is 5.97 Å². The average Bonchev–Trinajstić information content (AvgIpc) is 3.15. The van der Waals surface area contributed by atoms with Crippen molar-refractivity contribution in [3.63, 3.8) is 0 Å². The first kappa shape index (κ1) is 14.1. The second kappa shape index (κ2) is 6.26. The maximum absolute atomic E-state index is 11.9. The number of aryl methyl sites for hydroxylation is 1. The summed E-state index contributed by atoms with van der Waals surface area (Å²) in [5, 5.41) is 0.887. The molecule has 0 radical (unpaired) electrons. The van der Waals surface area contributed by atoms with Crippen molar-refractivity contribution in [2.45, 2.75) is 13.3 Å². The van der Waals surface area contributed by atoms with E-state index in [4.69, 9.17) is 4.74 Å². The number of hydrogen-bond donors (Lipinski definition) is 0. The summed E-state index contributed by atoms with van der Waals surface area (Å²) in [5.74, 6) is 0.155. The van der Waals surface area contributed by atoms with Crippen LogP contribution in [0.2, 0.25) is 0 Å². The highest BCUT2D eigenvalue weighted by molar-refractivity contribution is 7.13.